The molecular weight excluding hydrogens is 336 g/mol. The van der Waals surface area contributed by atoms with E-state index in [9.17, 15) is 5.26 Å². The van der Waals surface area contributed by atoms with E-state index in [1.807, 2.05) is 42.5 Å². The molecule has 0 spiro atoms. The van der Waals surface area contributed by atoms with Crippen LogP contribution in [0.4, 0.5) is 5.69 Å². The summed E-state index contributed by atoms with van der Waals surface area (Å²) in [6.45, 7) is 0. The van der Waals surface area contributed by atoms with Crippen LogP contribution in [0.1, 0.15) is 17.5 Å². The van der Waals surface area contributed by atoms with Crippen LogP contribution < -0.4 is 5.32 Å². The summed E-state index contributed by atoms with van der Waals surface area (Å²) in [6, 6.07) is 15.9. The van der Waals surface area contributed by atoms with Crippen LogP contribution in [0.15, 0.2) is 46.9 Å². The first-order valence-electron chi connectivity index (χ1n) is 6.37. The molecular formula is C16H12BrClN2. The van der Waals surface area contributed by atoms with E-state index in [1.54, 1.807) is 0 Å². The third-order valence-corrected chi connectivity index (χ3v) is 4.68. The Morgan fingerprint density at radius 3 is 2.80 bits per heavy atom. The summed E-state index contributed by atoms with van der Waals surface area (Å²) in [5.74, 6) is 0. The van der Waals surface area contributed by atoms with Gasteiger partial charge >= 0.3 is 0 Å². The number of anilines is 1. The van der Waals surface area contributed by atoms with Crippen LogP contribution in [-0.2, 0) is 12.0 Å². The van der Waals surface area contributed by atoms with Crippen molar-refractivity contribution < 1.29 is 0 Å². The number of benzene rings is 2. The van der Waals surface area contributed by atoms with Gasteiger partial charge in [-0.3, -0.25) is 0 Å². The van der Waals surface area contributed by atoms with Crippen LogP contribution in [0.3, 0.4) is 0 Å². The largest absolute Gasteiger partial charge is 0.364 e. The van der Waals surface area contributed by atoms with Gasteiger partial charge < -0.3 is 5.32 Å². The molecule has 0 heterocycles. The minimum absolute atomic E-state index is 0.663. The Hall–Kier alpha value is -1.50. The lowest BCUT2D eigenvalue weighted by Crippen LogP contribution is -2.31. The third kappa shape index (κ3) is 2.19. The van der Waals surface area contributed by atoms with Gasteiger partial charge in [-0.1, -0.05) is 45.7 Å². The molecule has 1 atom stereocenters. The van der Waals surface area contributed by atoms with Crippen LogP contribution >= 0.6 is 27.5 Å². The second-order valence-electron chi connectivity index (χ2n) is 4.92. The van der Waals surface area contributed by atoms with Crippen LogP contribution in [-0.4, -0.2) is 0 Å². The average Bonchev–Trinajstić information content (AvgIpc) is 2.80. The first-order valence-corrected chi connectivity index (χ1v) is 7.55. The van der Waals surface area contributed by atoms with Crippen molar-refractivity contribution in [2.75, 3.05) is 5.32 Å². The molecule has 0 saturated heterocycles. The molecule has 2 aromatic carbocycles. The van der Waals surface area contributed by atoms with Crippen molar-refractivity contribution in [3.63, 3.8) is 0 Å². The first kappa shape index (κ1) is 13.5. The van der Waals surface area contributed by atoms with Crippen LogP contribution in [0, 0.1) is 11.3 Å². The highest BCUT2D eigenvalue weighted by Crippen LogP contribution is 2.42. The summed E-state index contributed by atoms with van der Waals surface area (Å²) in [6.07, 6.45) is 1.64. The topological polar surface area (TPSA) is 35.8 Å². The van der Waals surface area contributed by atoms with E-state index in [1.165, 1.54) is 5.56 Å². The summed E-state index contributed by atoms with van der Waals surface area (Å²) in [5.41, 5.74) is 2.45. The summed E-state index contributed by atoms with van der Waals surface area (Å²) in [4.78, 5) is 0. The second kappa shape index (κ2) is 5.12. The minimum Gasteiger partial charge on any atom is -0.364 e. The summed E-state index contributed by atoms with van der Waals surface area (Å²) in [5, 5.41) is 13.7. The maximum Gasteiger partial charge on any atom is 0.151 e. The summed E-state index contributed by atoms with van der Waals surface area (Å²) >= 11 is 9.58. The van der Waals surface area contributed by atoms with Crippen molar-refractivity contribution in [1.82, 2.24) is 0 Å². The highest BCUT2D eigenvalue weighted by Gasteiger charge is 2.39. The number of halogens is 2. The predicted octanol–water partition coefficient (Wildman–Crippen LogP) is 4.88. The lowest BCUT2D eigenvalue weighted by Gasteiger charge is -2.25. The zero-order valence-electron chi connectivity index (χ0n) is 10.7. The minimum atomic E-state index is -0.677. The van der Waals surface area contributed by atoms with Gasteiger partial charge in [0.15, 0.2) is 5.54 Å². The van der Waals surface area contributed by atoms with E-state index in [0.717, 1.165) is 28.6 Å². The monoisotopic (exact) mass is 346 g/mol. The van der Waals surface area contributed by atoms with E-state index < -0.39 is 5.54 Å². The highest BCUT2D eigenvalue weighted by atomic mass is 79.9. The van der Waals surface area contributed by atoms with Gasteiger partial charge in [-0.05, 0) is 48.2 Å². The Morgan fingerprint density at radius 2 is 2.05 bits per heavy atom. The number of nitriles is 1. The van der Waals surface area contributed by atoms with Crippen molar-refractivity contribution in [2.45, 2.75) is 18.4 Å². The van der Waals surface area contributed by atoms with Gasteiger partial charge in [0.25, 0.3) is 0 Å². The molecule has 4 heteroatoms. The molecule has 0 saturated carbocycles. The van der Waals surface area contributed by atoms with Crippen LogP contribution in [0.2, 0.25) is 5.02 Å². The lowest BCUT2D eigenvalue weighted by atomic mass is 9.93. The molecule has 3 rings (SSSR count). The lowest BCUT2D eigenvalue weighted by molar-refractivity contribution is 0.621. The normalized spacial score (nSPS) is 20.2. The van der Waals surface area contributed by atoms with Gasteiger partial charge in [0.2, 0.25) is 0 Å². The SMILES string of the molecule is N#CC1(Nc2cccc(Cl)c2)CCc2c(Br)cccc21. The van der Waals surface area contributed by atoms with Gasteiger partial charge in [-0.25, -0.2) is 0 Å². The van der Waals surface area contributed by atoms with Crippen molar-refractivity contribution in [2.24, 2.45) is 0 Å². The molecule has 100 valence electrons. The standard InChI is InChI=1S/C16H12BrClN2/c17-15-6-2-5-14-13(15)7-8-16(14,10-19)20-12-4-1-3-11(18)9-12/h1-6,9,20H,7-8H2. The molecule has 1 unspecified atom stereocenters. The van der Waals surface area contributed by atoms with E-state index >= 15 is 0 Å². The molecule has 2 nitrogen and oxygen atoms in total. The van der Waals surface area contributed by atoms with Crippen molar-refractivity contribution >= 4 is 33.2 Å². The Bertz CT molecular complexity index is 708. The Kier molecular flexibility index (Phi) is 3.45. The van der Waals surface area contributed by atoms with E-state index in [-0.39, 0.29) is 0 Å². The Morgan fingerprint density at radius 1 is 1.25 bits per heavy atom. The van der Waals surface area contributed by atoms with Crippen LogP contribution in [0.25, 0.3) is 0 Å². The molecule has 20 heavy (non-hydrogen) atoms. The smallest absolute Gasteiger partial charge is 0.151 e. The van der Waals surface area contributed by atoms with Gasteiger partial charge in [-0.15, -0.1) is 0 Å². The van der Waals surface area contributed by atoms with E-state index in [2.05, 4.69) is 27.3 Å². The number of nitrogens with one attached hydrogen (secondary N) is 1. The van der Waals surface area contributed by atoms with Crippen molar-refractivity contribution in [1.29, 1.82) is 5.26 Å². The molecule has 0 aliphatic heterocycles. The quantitative estimate of drug-likeness (QED) is 0.840. The highest BCUT2D eigenvalue weighted by molar-refractivity contribution is 9.10. The third-order valence-electron chi connectivity index (χ3n) is 3.70. The first-order chi connectivity index (χ1) is 9.64. The van der Waals surface area contributed by atoms with Crippen molar-refractivity contribution in [3.8, 4) is 6.07 Å². The average molecular weight is 348 g/mol. The molecule has 0 amide bonds. The molecule has 1 aliphatic carbocycles. The van der Waals surface area contributed by atoms with Crippen molar-refractivity contribution in [3.05, 3.63) is 63.1 Å². The second-order valence-corrected chi connectivity index (χ2v) is 6.21. The van der Waals surface area contributed by atoms with Crippen LogP contribution in [0.5, 0.6) is 0 Å². The zero-order chi connectivity index (χ0) is 14.2. The molecule has 0 bridgehead atoms. The number of hydrogen-bond acceptors (Lipinski definition) is 2. The maximum absolute atomic E-state index is 9.72. The molecule has 0 aromatic heterocycles. The number of nitrogens with zero attached hydrogens (tertiary/aromatic N) is 1. The molecule has 0 radical (unpaired) electrons. The summed E-state index contributed by atoms with van der Waals surface area (Å²) < 4.78 is 1.07. The molecule has 1 N–H and O–H groups in total. The summed E-state index contributed by atoms with van der Waals surface area (Å²) in [7, 11) is 0. The van der Waals surface area contributed by atoms with Gasteiger partial charge in [0.1, 0.15) is 0 Å². The Labute approximate surface area is 131 Å². The fourth-order valence-electron chi connectivity index (χ4n) is 2.75. The fourth-order valence-corrected chi connectivity index (χ4v) is 3.50. The zero-order valence-corrected chi connectivity index (χ0v) is 13.0. The predicted molar refractivity (Wildman–Crippen MR) is 84.8 cm³/mol. The number of hydrogen-bond donors (Lipinski definition) is 1. The van der Waals surface area contributed by atoms with Gasteiger partial charge in [0.05, 0.1) is 6.07 Å². The Balaban J connectivity index is 2.04. The number of fused-ring (bicyclic) bond motifs is 1. The molecule has 2 aromatic rings. The number of rotatable bonds is 2. The maximum atomic E-state index is 9.72. The van der Waals surface area contributed by atoms with E-state index in [0.29, 0.717) is 5.02 Å². The van der Waals surface area contributed by atoms with E-state index in [4.69, 9.17) is 11.6 Å². The molecule has 0 fully saturated rings. The van der Waals surface area contributed by atoms with Gasteiger partial charge in [-0.2, -0.15) is 5.26 Å². The fraction of sp³-hybridized carbons (Fsp3) is 0.188. The van der Waals surface area contributed by atoms with Gasteiger partial charge in [0, 0.05) is 15.2 Å². The molecule has 1 aliphatic rings.